The van der Waals surface area contributed by atoms with Gasteiger partial charge in [0.05, 0.1) is 32.9 Å². The molecule has 0 radical (unpaired) electrons. The summed E-state index contributed by atoms with van der Waals surface area (Å²) in [5.74, 6) is 0.822. The van der Waals surface area contributed by atoms with E-state index in [4.69, 9.17) is 25.7 Å². The summed E-state index contributed by atoms with van der Waals surface area (Å²) in [6, 6.07) is 17.8. The van der Waals surface area contributed by atoms with Gasteiger partial charge in [0.1, 0.15) is 5.76 Å². The van der Waals surface area contributed by atoms with Crippen molar-refractivity contribution in [1.82, 2.24) is 4.57 Å². The van der Waals surface area contributed by atoms with Gasteiger partial charge in [-0.1, -0.05) is 65.4 Å². The van der Waals surface area contributed by atoms with Crippen LogP contribution in [0.2, 0.25) is 5.02 Å². The zero-order valence-electron chi connectivity index (χ0n) is 22.3. The number of halogens is 2. The van der Waals surface area contributed by atoms with Gasteiger partial charge in [-0.2, -0.15) is 0 Å². The molecule has 1 fully saturated rings. The van der Waals surface area contributed by atoms with E-state index in [0.717, 1.165) is 47.4 Å². The van der Waals surface area contributed by atoms with Crippen LogP contribution in [0.3, 0.4) is 0 Å². The van der Waals surface area contributed by atoms with E-state index >= 15 is 0 Å². The van der Waals surface area contributed by atoms with Crippen molar-refractivity contribution in [3.63, 3.8) is 0 Å². The topological polar surface area (TPSA) is 77.0 Å². The minimum atomic E-state index is -0.757. The van der Waals surface area contributed by atoms with Crippen LogP contribution in [0.1, 0.15) is 49.1 Å². The number of esters is 1. The number of ether oxygens (including phenoxy) is 1. The van der Waals surface area contributed by atoms with E-state index in [1.54, 1.807) is 29.7 Å². The standard InChI is InChI=1S/C31H27BrClN3O4S/c1-2-39-30(38)25-26(19-9-5-3-6-10-19)34-31-36(27(25)20-11-13-21(33)14-12-20)28(37)24(41-31)18-22-17-23(32)29(40-22)35-15-7-4-8-16-35/h3,5-6,9-14,17-18,27H,2,4,7-8,15-16H2,1H3/b24-18+/t27-/m0/s1. The fourth-order valence-electron chi connectivity index (χ4n) is 5.29. The van der Waals surface area contributed by atoms with Gasteiger partial charge in [0.2, 0.25) is 5.88 Å². The van der Waals surface area contributed by atoms with Gasteiger partial charge in [-0.3, -0.25) is 9.36 Å². The highest BCUT2D eigenvalue weighted by Crippen LogP contribution is 2.36. The summed E-state index contributed by atoms with van der Waals surface area (Å²) >= 11 is 11.1. The summed E-state index contributed by atoms with van der Waals surface area (Å²) in [4.78, 5) is 35.2. The first-order valence-corrected chi connectivity index (χ1v) is 15.5. The van der Waals surface area contributed by atoms with Crippen molar-refractivity contribution in [1.29, 1.82) is 0 Å². The van der Waals surface area contributed by atoms with Crippen molar-refractivity contribution in [3.05, 3.63) is 112 Å². The number of hydrogen-bond donors (Lipinski definition) is 0. The number of fused-ring (bicyclic) bond motifs is 1. The number of benzene rings is 2. The SMILES string of the molecule is CCOC(=O)C1=C(c2ccccc2)N=c2s/c(=C/c3cc(Br)c(N4CCCCC4)o3)c(=O)n2[C@H]1c1ccc(Cl)cc1. The molecule has 41 heavy (non-hydrogen) atoms. The Morgan fingerprint density at radius 3 is 2.59 bits per heavy atom. The normalized spacial score (nSPS) is 17.4. The zero-order chi connectivity index (χ0) is 28.5. The molecular formula is C31H27BrClN3O4S. The number of carbonyl (C=O) groups is 1. The first kappa shape index (κ1) is 27.8. The number of rotatable bonds is 6. The van der Waals surface area contributed by atoms with Crippen LogP contribution in [-0.4, -0.2) is 30.2 Å². The van der Waals surface area contributed by atoms with Crippen molar-refractivity contribution in [2.75, 3.05) is 24.6 Å². The molecule has 1 atom stereocenters. The lowest BCUT2D eigenvalue weighted by Gasteiger charge is -2.26. The summed E-state index contributed by atoms with van der Waals surface area (Å²) in [5, 5.41) is 0.555. The van der Waals surface area contributed by atoms with Crippen molar-refractivity contribution in [3.8, 4) is 0 Å². The molecule has 2 aliphatic heterocycles. The van der Waals surface area contributed by atoms with Crippen LogP contribution in [0, 0.1) is 0 Å². The minimum absolute atomic E-state index is 0.189. The number of piperidine rings is 1. The molecule has 0 saturated carbocycles. The Morgan fingerprint density at radius 1 is 1.15 bits per heavy atom. The highest BCUT2D eigenvalue weighted by Gasteiger charge is 2.35. The van der Waals surface area contributed by atoms with Crippen LogP contribution >= 0.6 is 38.9 Å². The molecule has 7 nitrogen and oxygen atoms in total. The minimum Gasteiger partial charge on any atom is -0.463 e. The molecule has 0 aliphatic carbocycles. The third-order valence-electron chi connectivity index (χ3n) is 7.16. The molecule has 0 amide bonds. The molecule has 210 valence electrons. The Kier molecular flexibility index (Phi) is 8.01. The third kappa shape index (κ3) is 5.46. The lowest BCUT2D eigenvalue weighted by molar-refractivity contribution is -0.138. The molecule has 4 aromatic rings. The summed E-state index contributed by atoms with van der Waals surface area (Å²) in [6.07, 6.45) is 5.21. The predicted octanol–water partition coefficient (Wildman–Crippen LogP) is 5.93. The van der Waals surface area contributed by atoms with Gasteiger partial charge in [0, 0.05) is 35.8 Å². The number of furan rings is 1. The Balaban J connectivity index is 1.55. The van der Waals surface area contributed by atoms with Crippen LogP contribution in [0.15, 0.2) is 84.9 Å². The maximum absolute atomic E-state index is 14.0. The molecule has 0 bridgehead atoms. The Hall–Kier alpha value is -3.40. The monoisotopic (exact) mass is 651 g/mol. The average molecular weight is 653 g/mol. The van der Waals surface area contributed by atoms with Crippen LogP contribution in [0.4, 0.5) is 5.88 Å². The van der Waals surface area contributed by atoms with E-state index < -0.39 is 12.0 Å². The molecular weight excluding hydrogens is 626 g/mol. The smallest absolute Gasteiger partial charge is 0.338 e. The van der Waals surface area contributed by atoms with Gasteiger partial charge in [0.25, 0.3) is 5.56 Å². The van der Waals surface area contributed by atoms with E-state index in [1.165, 1.54) is 17.8 Å². The first-order chi connectivity index (χ1) is 19.9. The fraction of sp³-hybridized carbons (Fsp3) is 0.258. The molecule has 1 saturated heterocycles. The highest BCUT2D eigenvalue weighted by molar-refractivity contribution is 9.10. The molecule has 4 heterocycles. The second-order valence-corrected chi connectivity index (χ2v) is 12.1. The Morgan fingerprint density at radius 2 is 1.88 bits per heavy atom. The number of thiazole rings is 1. The number of nitrogens with zero attached hydrogens (tertiary/aromatic N) is 3. The van der Waals surface area contributed by atoms with Crippen LogP contribution in [0.5, 0.6) is 0 Å². The number of aromatic nitrogens is 1. The van der Waals surface area contributed by atoms with Crippen molar-refractivity contribution in [2.24, 2.45) is 4.99 Å². The third-order valence-corrected chi connectivity index (χ3v) is 8.97. The summed E-state index contributed by atoms with van der Waals surface area (Å²) < 4.78 is 14.6. The Labute approximate surface area is 254 Å². The van der Waals surface area contributed by atoms with Crippen LogP contribution < -0.4 is 19.8 Å². The highest BCUT2D eigenvalue weighted by atomic mass is 79.9. The second kappa shape index (κ2) is 11.8. The molecule has 2 aromatic carbocycles. The zero-order valence-corrected chi connectivity index (χ0v) is 25.5. The number of hydrogen-bond acceptors (Lipinski definition) is 7. The number of anilines is 1. The molecule has 0 unspecified atom stereocenters. The number of carbonyl (C=O) groups excluding carboxylic acids is 1. The summed E-state index contributed by atoms with van der Waals surface area (Å²) in [7, 11) is 0. The van der Waals surface area contributed by atoms with Gasteiger partial charge >= 0.3 is 5.97 Å². The first-order valence-electron chi connectivity index (χ1n) is 13.5. The van der Waals surface area contributed by atoms with Gasteiger partial charge in [-0.25, -0.2) is 9.79 Å². The van der Waals surface area contributed by atoms with Crippen LogP contribution in [0.25, 0.3) is 11.8 Å². The average Bonchev–Trinajstić information content (AvgIpc) is 3.51. The van der Waals surface area contributed by atoms with E-state index in [1.807, 2.05) is 48.5 Å². The lowest BCUT2D eigenvalue weighted by atomic mass is 9.93. The van der Waals surface area contributed by atoms with Gasteiger partial charge in [0.15, 0.2) is 4.80 Å². The maximum atomic E-state index is 14.0. The lowest BCUT2D eigenvalue weighted by Crippen LogP contribution is -2.40. The Bertz CT molecular complexity index is 1800. The van der Waals surface area contributed by atoms with E-state index in [9.17, 15) is 9.59 Å². The second-order valence-electron chi connectivity index (χ2n) is 9.83. The van der Waals surface area contributed by atoms with Crippen molar-refractivity contribution >= 4 is 62.5 Å². The van der Waals surface area contributed by atoms with E-state index in [0.29, 0.717) is 31.4 Å². The largest absolute Gasteiger partial charge is 0.463 e. The molecule has 0 N–H and O–H groups in total. The van der Waals surface area contributed by atoms with Crippen LogP contribution in [-0.2, 0) is 9.53 Å². The molecule has 6 rings (SSSR count). The van der Waals surface area contributed by atoms with Gasteiger partial charge in [-0.15, -0.1) is 0 Å². The van der Waals surface area contributed by atoms with Crippen molar-refractivity contribution < 1.29 is 13.9 Å². The maximum Gasteiger partial charge on any atom is 0.338 e. The molecule has 10 heteroatoms. The molecule has 0 spiro atoms. The predicted molar refractivity (Wildman–Crippen MR) is 165 cm³/mol. The summed E-state index contributed by atoms with van der Waals surface area (Å²) in [6.45, 7) is 3.82. The van der Waals surface area contributed by atoms with Gasteiger partial charge in [-0.05, 0) is 59.8 Å². The quantitative estimate of drug-likeness (QED) is 0.241. The van der Waals surface area contributed by atoms with E-state index in [2.05, 4.69) is 20.8 Å². The van der Waals surface area contributed by atoms with Crippen molar-refractivity contribution in [2.45, 2.75) is 32.2 Å². The fourth-order valence-corrected chi connectivity index (χ4v) is 6.95. The summed E-state index contributed by atoms with van der Waals surface area (Å²) in [5.41, 5.74) is 1.99. The molecule has 2 aliphatic rings. The molecule has 2 aromatic heterocycles. The van der Waals surface area contributed by atoms with Gasteiger partial charge < -0.3 is 14.1 Å². The van der Waals surface area contributed by atoms with E-state index in [-0.39, 0.29) is 12.2 Å².